The highest BCUT2D eigenvalue weighted by Crippen LogP contribution is 2.10. The average molecular weight is 321 g/mol. The SMILES string of the molecule is CCCCC/C=C\C/C=C\C/C=C\CCCCCC(C)C(=O)O. The molecule has 132 valence electrons. The fourth-order valence-electron chi connectivity index (χ4n) is 2.30. The van der Waals surface area contributed by atoms with E-state index in [1.165, 1.54) is 25.7 Å². The summed E-state index contributed by atoms with van der Waals surface area (Å²) in [6.07, 6.45) is 25.9. The van der Waals surface area contributed by atoms with Gasteiger partial charge in [-0.05, 0) is 44.9 Å². The van der Waals surface area contributed by atoms with Crippen LogP contribution in [0.15, 0.2) is 36.5 Å². The lowest BCUT2D eigenvalue weighted by atomic mass is 10.0. The zero-order valence-electron chi connectivity index (χ0n) is 15.2. The van der Waals surface area contributed by atoms with Gasteiger partial charge >= 0.3 is 5.97 Å². The first kappa shape index (κ1) is 21.7. The Morgan fingerprint density at radius 2 is 1.35 bits per heavy atom. The Morgan fingerprint density at radius 3 is 1.87 bits per heavy atom. The highest BCUT2D eigenvalue weighted by atomic mass is 16.4. The maximum atomic E-state index is 10.7. The molecule has 1 unspecified atom stereocenters. The highest BCUT2D eigenvalue weighted by molar-refractivity contribution is 5.69. The van der Waals surface area contributed by atoms with Gasteiger partial charge < -0.3 is 5.11 Å². The van der Waals surface area contributed by atoms with E-state index in [4.69, 9.17) is 5.11 Å². The van der Waals surface area contributed by atoms with Crippen LogP contribution in [0.5, 0.6) is 0 Å². The van der Waals surface area contributed by atoms with E-state index in [1.54, 1.807) is 6.92 Å². The summed E-state index contributed by atoms with van der Waals surface area (Å²) in [6.45, 7) is 4.02. The van der Waals surface area contributed by atoms with E-state index in [2.05, 4.69) is 43.4 Å². The molecular weight excluding hydrogens is 284 g/mol. The Morgan fingerprint density at radius 1 is 0.826 bits per heavy atom. The zero-order chi connectivity index (χ0) is 17.2. The first-order chi connectivity index (χ1) is 11.2. The smallest absolute Gasteiger partial charge is 0.306 e. The molecule has 2 heteroatoms. The number of unbranched alkanes of at least 4 members (excludes halogenated alkanes) is 6. The van der Waals surface area contributed by atoms with Gasteiger partial charge in [0, 0.05) is 0 Å². The molecule has 0 bridgehead atoms. The maximum absolute atomic E-state index is 10.7. The van der Waals surface area contributed by atoms with Gasteiger partial charge in [-0.15, -0.1) is 0 Å². The second kappa shape index (κ2) is 17.1. The molecule has 2 nitrogen and oxygen atoms in total. The normalized spacial score (nSPS) is 13.5. The number of carboxylic acids is 1. The summed E-state index contributed by atoms with van der Waals surface area (Å²) in [5, 5.41) is 8.79. The van der Waals surface area contributed by atoms with Gasteiger partial charge in [0.2, 0.25) is 0 Å². The molecule has 0 aromatic carbocycles. The van der Waals surface area contributed by atoms with E-state index in [9.17, 15) is 4.79 Å². The van der Waals surface area contributed by atoms with Crippen molar-refractivity contribution in [2.45, 2.75) is 84.5 Å². The number of carboxylic acid groups (broad SMARTS) is 1. The van der Waals surface area contributed by atoms with Crippen molar-refractivity contribution in [2.75, 3.05) is 0 Å². The third-order valence-electron chi connectivity index (χ3n) is 3.95. The Kier molecular flexibility index (Phi) is 16.1. The molecule has 0 aliphatic carbocycles. The zero-order valence-corrected chi connectivity index (χ0v) is 15.2. The predicted octanol–water partition coefficient (Wildman–Crippen LogP) is 6.69. The van der Waals surface area contributed by atoms with Crippen molar-refractivity contribution in [1.29, 1.82) is 0 Å². The fraction of sp³-hybridized carbons (Fsp3) is 0.667. The van der Waals surface area contributed by atoms with Gasteiger partial charge in [-0.25, -0.2) is 0 Å². The molecule has 0 aliphatic heterocycles. The summed E-state index contributed by atoms with van der Waals surface area (Å²) in [6, 6.07) is 0. The van der Waals surface area contributed by atoms with Gasteiger partial charge in [0.1, 0.15) is 0 Å². The molecule has 0 aromatic rings. The van der Waals surface area contributed by atoms with Gasteiger partial charge in [0.25, 0.3) is 0 Å². The van der Waals surface area contributed by atoms with Gasteiger partial charge in [-0.1, -0.05) is 76.0 Å². The van der Waals surface area contributed by atoms with Gasteiger partial charge in [0.15, 0.2) is 0 Å². The van der Waals surface area contributed by atoms with Crippen molar-refractivity contribution in [3.05, 3.63) is 36.5 Å². The highest BCUT2D eigenvalue weighted by Gasteiger charge is 2.08. The fourth-order valence-corrected chi connectivity index (χ4v) is 2.30. The van der Waals surface area contributed by atoms with E-state index in [-0.39, 0.29) is 5.92 Å². The van der Waals surface area contributed by atoms with Crippen LogP contribution in [-0.2, 0) is 4.79 Å². The second-order valence-corrected chi connectivity index (χ2v) is 6.26. The standard InChI is InChI=1S/C21H36O2/c1-3-4-5-6-7-8-9-10-11-12-13-14-15-16-17-18-19-20(2)21(22)23/h7-8,10-11,13-14,20H,3-6,9,12,15-19H2,1-2H3,(H,22,23)/b8-7-,11-10-,14-13-. The topological polar surface area (TPSA) is 37.3 Å². The van der Waals surface area contributed by atoms with Crippen LogP contribution in [0, 0.1) is 5.92 Å². The second-order valence-electron chi connectivity index (χ2n) is 6.26. The van der Waals surface area contributed by atoms with Crippen molar-refractivity contribution in [3.63, 3.8) is 0 Å². The lowest BCUT2D eigenvalue weighted by Crippen LogP contribution is -2.08. The Hall–Kier alpha value is -1.31. The van der Waals surface area contributed by atoms with Gasteiger partial charge in [-0.3, -0.25) is 4.79 Å². The molecule has 0 rings (SSSR count). The minimum Gasteiger partial charge on any atom is -0.481 e. The number of rotatable bonds is 15. The summed E-state index contributed by atoms with van der Waals surface area (Å²) in [5.41, 5.74) is 0. The quantitative estimate of drug-likeness (QED) is 0.270. The summed E-state index contributed by atoms with van der Waals surface area (Å²) in [7, 11) is 0. The molecule has 0 aromatic heterocycles. The third-order valence-corrected chi connectivity index (χ3v) is 3.95. The van der Waals surface area contributed by atoms with E-state index in [1.807, 2.05) is 0 Å². The van der Waals surface area contributed by atoms with Gasteiger partial charge in [-0.2, -0.15) is 0 Å². The molecule has 0 saturated carbocycles. The van der Waals surface area contributed by atoms with E-state index >= 15 is 0 Å². The molecule has 1 N–H and O–H groups in total. The molecule has 0 heterocycles. The first-order valence-electron chi connectivity index (χ1n) is 9.36. The minimum atomic E-state index is -0.674. The lowest BCUT2D eigenvalue weighted by molar-refractivity contribution is -0.141. The van der Waals surface area contributed by atoms with Crippen LogP contribution in [0.2, 0.25) is 0 Å². The van der Waals surface area contributed by atoms with E-state index in [0.717, 1.165) is 44.9 Å². The van der Waals surface area contributed by atoms with Crippen LogP contribution in [-0.4, -0.2) is 11.1 Å². The van der Waals surface area contributed by atoms with Crippen LogP contribution in [0.25, 0.3) is 0 Å². The first-order valence-corrected chi connectivity index (χ1v) is 9.36. The van der Waals surface area contributed by atoms with Crippen LogP contribution >= 0.6 is 0 Å². The molecule has 23 heavy (non-hydrogen) atoms. The van der Waals surface area contributed by atoms with Gasteiger partial charge in [0.05, 0.1) is 5.92 Å². The molecule has 1 atom stereocenters. The number of carbonyl (C=O) groups is 1. The molecule has 0 radical (unpaired) electrons. The number of aliphatic carboxylic acids is 1. The Labute approximate surface area is 143 Å². The van der Waals surface area contributed by atoms with Crippen molar-refractivity contribution in [2.24, 2.45) is 5.92 Å². The van der Waals surface area contributed by atoms with E-state index < -0.39 is 5.97 Å². The van der Waals surface area contributed by atoms with Crippen LogP contribution in [0.4, 0.5) is 0 Å². The molecule has 0 saturated heterocycles. The Bertz CT molecular complexity index is 353. The molecule has 0 spiro atoms. The molecule has 0 aliphatic rings. The summed E-state index contributed by atoms with van der Waals surface area (Å²) < 4.78 is 0. The minimum absolute atomic E-state index is 0.198. The van der Waals surface area contributed by atoms with E-state index in [0.29, 0.717) is 0 Å². The monoisotopic (exact) mass is 320 g/mol. The maximum Gasteiger partial charge on any atom is 0.306 e. The summed E-state index contributed by atoms with van der Waals surface area (Å²) >= 11 is 0. The van der Waals surface area contributed by atoms with Crippen molar-refractivity contribution in [3.8, 4) is 0 Å². The average Bonchev–Trinajstić information content (AvgIpc) is 2.54. The van der Waals surface area contributed by atoms with Crippen molar-refractivity contribution in [1.82, 2.24) is 0 Å². The predicted molar refractivity (Wildman–Crippen MR) is 101 cm³/mol. The van der Waals surface area contributed by atoms with Crippen molar-refractivity contribution >= 4 is 5.97 Å². The Balaban J connectivity index is 3.37. The molecule has 0 fully saturated rings. The van der Waals surface area contributed by atoms with Crippen LogP contribution in [0.1, 0.15) is 84.5 Å². The van der Waals surface area contributed by atoms with Crippen molar-refractivity contribution < 1.29 is 9.90 Å². The largest absolute Gasteiger partial charge is 0.481 e. The van der Waals surface area contributed by atoms with Crippen LogP contribution < -0.4 is 0 Å². The lowest BCUT2D eigenvalue weighted by Gasteiger charge is -2.04. The summed E-state index contributed by atoms with van der Waals surface area (Å²) in [5.74, 6) is -0.871. The molecule has 0 amide bonds. The van der Waals surface area contributed by atoms with Crippen LogP contribution in [0.3, 0.4) is 0 Å². The number of hydrogen-bond donors (Lipinski definition) is 1. The number of allylic oxidation sites excluding steroid dienone is 6. The molecular formula is C21H36O2. The summed E-state index contributed by atoms with van der Waals surface area (Å²) in [4.78, 5) is 10.7. The third kappa shape index (κ3) is 16.9. The number of hydrogen-bond acceptors (Lipinski definition) is 1.